The van der Waals surface area contributed by atoms with Gasteiger partial charge in [-0.2, -0.15) is 0 Å². The third-order valence-electron chi connectivity index (χ3n) is 2.62. The van der Waals surface area contributed by atoms with E-state index in [-0.39, 0.29) is 0 Å². The number of ether oxygens (including phenoxy) is 2. The Kier molecular flexibility index (Phi) is 6.54. The second-order valence-corrected chi connectivity index (χ2v) is 4.16. The molecule has 1 atom stereocenters. The molecule has 3 N–H and O–H groups in total. The molecule has 1 aromatic rings. The average Bonchev–Trinajstić information content (AvgIpc) is 2.39. The summed E-state index contributed by atoms with van der Waals surface area (Å²) in [5.41, 5.74) is 6.74. The van der Waals surface area contributed by atoms with Gasteiger partial charge in [0, 0.05) is 19.1 Å². The predicted molar refractivity (Wildman–Crippen MR) is 74.1 cm³/mol. The summed E-state index contributed by atoms with van der Waals surface area (Å²) in [5.74, 6) is 1.61. The van der Waals surface area contributed by atoms with Crippen LogP contribution in [0.15, 0.2) is 18.2 Å². The van der Waals surface area contributed by atoms with E-state index in [0.717, 1.165) is 18.0 Å². The zero-order chi connectivity index (χ0) is 13.4. The first-order valence-corrected chi connectivity index (χ1v) is 6.53. The molecule has 0 heterocycles. The largest absolute Gasteiger partial charge is 0.490 e. The summed E-state index contributed by atoms with van der Waals surface area (Å²) in [6, 6.07) is 6.33. The maximum atomic E-state index is 5.59. The van der Waals surface area contributed by atoms with Crippen LogP contribution in [0.5, 0.6) is 11.5 Å². The van der Waals surface area contributed by atoms with Crippen molar-refractivity contribution < 1.29 is 9.47 Å². The Morgan fingerprint density at radius 1 is 1.17 bits per heavy atom. The van der Waals surface area contributed by atoms with Gasteiger partial charge in [-0.3, -0.25) is 0 Å². The summed E-state index contributed by atoms with van der Waals surface area (Å²) < 4.78 is 11.1. The highest BCUT2D eigenvalue weighted by Crippen LogP contribution is 2.28. The summed E-state index contributed by atoms with van der Waals surface area (Å²) in [6.07, 6.45) is 0. The van der Waals surface area contributed by atoms with Crippen molar-refractivity contribution in [3.05, 3.63) is 23.8 Å². The molecule has 102 valence electrons. The van der Waals surface area contributed by atoms with Gasteiger partial charge in [-0.25, -0.2) is 0 Å². The number of nitrogens with two attached hydrogens (primary N) is 1. The molecule has 0 bridgehead atoms. The van der Waals surface area contributed by atoms with E-state index < -0.39 is 0 Å². The van der Waals surface area contributed by atoms with Crippen molar-refractivity contribution in [1.82, 2.24) is 5.32 Å². The molecule has 0 aliphatic rings. The first kappa shape index (κ1) is 14.8. The number of nitrogens with one attached hydrogen (secondary N) is 1. The van der Waals surface area contributed by atoms with Gasteiger partial charge in [0.05, 0.1) is 13.2 Å². The second kappa shape index (κ2) is 7.95. The van der Waals surface area contributed by atoms with Gasteiger partial charge in [-0.05, 0) is 38.5 Å². The molecule has 4 nitrogen and oxygen atoms in total. The Balaban J connectivity index is 2.72. The van der Waals surface area contributed by atoms with Crippen LogP contribution in [0.2, 0.25) is 0 Å². The van der Waals surface area contributed by atoms with Gasteiger partial charge < -0.3 is 20.5 Å². The third kappa shape index (κ3) is 4.55. The standard InChI is InChI=1S/C14H24N2O2/c1-4-17-13-7-6-12(8-14(13)18-5-2)10-16-11(3)9-15/h6-8,11,16H,4-5,9-10,15H2,1-3H3. The maximum absolute atomic E-state index is 5.59. The number of benzene rings is 1. The molecule has 0 fully saturated rings. The lowest BCUT2D eigenvalue weighted by Gasteiger charge is -2.14. The van der Waals surface area contributed by atoms with Crippen molar-refractivity contribution in [2.75, 3.05) is 19.8 Å². The molecule has 1 aromatic carbocycles. The van der Waals surface area contributed by atoms with E-state index in [1.165, 1.54) is 5.56 Å². The van der Waals surface area contributed by atoms with Gasteiger partial charge in [-0.1, -0.05) is 6.07 Å². The Morgan fingerprint density at radius 2 is 1.83 bits per heavy atom. The Bertz CT molecular complexity index is 356. The van der Waals surface area contributed by atoms with Crippen LogP contribution in [-0.2, 0) is 6.54 Å². The molecular formula is C14H24N2O2. The highest BCUT2D eigenvalue weighted by molar-refractivity contribution is 5.43. The molecule has 1 unspecified atom stereocenters. The fourth-order valence-electron chi connectivity index (χ4n) is 1.58. The predicted octanol–water partition coefficient (Wildman–Crippen LogP) is 1.92. The minimum atomic E-state index is 0.312. The van der Waals surface area contributed by atoms with Crippen molar-refractivity contribution >= 4 is 0 Å². The van der Waals surface area contributed by atoms with Crippen LogP contribution in [-0.4, -0.2) is 25.8 Å². The van der Waals surface area contributed by atoms with Crippen LogP contribution in [0, 0.1) is 0 Å². The van der Waals surface area contributed by atoms with E-state index in [1.807, 2.05) is 32.0 Å². The Hall–Kier alpha value is -1.26. The molecule has 0 aromatic heterocycles. The highest BCUT2D eigenvalue weighted by Gasteiger charge is 2.06. The Morgan fingerprint density at radius 3 is 2.44 bits per heavy atom. The van der Waals surface area contributed by atoms with Gasteiger partial charge in [0.2, 0.25) is 0 Å². The fourth-order valence-corrected chi connectivity index (χ4v) is 1.58. The molecule has 0 amide bonds. The van der Waals surface area contributed by atoms with E-state index in [4.69, 9.17) is 15.2 Å². The zero-order valence-corrected chi connectivity index (χ0v) is 11.5. The topological polar surface area (TPSA) is 56.5 Å². The summed E-state index contributed by atoms with van der Waals surface area (Å²) in [7, 11) is 0. The quantitative estimate of drug-likeness (QED) is 0.742. The van der Waals surface area contributed by atoms with Gasteiger partial charge >= 0.3 is 0 Å². The molecule has 0 spiro atoms. The van der Waals surface area contributed by atoms with Crippen molar-refractivity contribution in [1.29, 1.82) is 0 Å². The summed E-state index contributed by atoms with van der Waals surface area (Å²) >= 11 is 0. The minimum Gasteiger partial charge on any atom is -0.490 e. The third-order valence-corrected chi connectivity index (χ3v) is 2.62. The van der Waals surface area contributed by atoms with Crippen LogP contribution < -0.4 is 20.5 Å². The van der Waals surface area contributed by atoms with Gasteiger partial charge in [0.25, 0.3) is 0 Å². The minimum absolute atomic E-state index is 0.312. The van der Waals surface area contributed by atoms with Crippen LogP contribution in [0.4, 0.5) is 0 Å². The maximum Gasteiger partial charge on any atom is 0.161 e. The van der Waals surface area contributed by atoms with E-state index >= 15 is 0 Å². The number of hydrogen-bond donors (Lipinski definition) is 2. The Labute approximate surface area is 109 Å². The fraction of sp³-hybridized carbons (Fsp3) is 0.571. The summed E-state index contributed by atoms with van der Waals surface area (Å²) in [6.45, 7) is 8.70. The lowest BCUT2D eigenvalue weighted by molar-refractivity contribution is 0.287. The smallest absolute Gasteiger partial charge is 0.161 e. The van der Waals surface area contributed by atoms with E-state index in [0.29, 0.717) is 25.8 Å². The number of rotatable bonds is 8. The molecule has 0 radical (unpaired) electrons. The van der Waals surface area contributed by atoms with E-state index in [1.54, 1.807) is 0 Å². The van der Waals surface area contributed by atoms with E-state index in [2.05, 4.69) is 12.2 Å². The molecular weight excluding hydrogens is 228 g/mol. The van der Waals surface area contributed by atoms with Crippen LogP contribution in [0.3, 0.4) is 0 Å². The SMILES string of the molecule is CCOc1ccc(CNC(C)CN)cc1OCC. The first-order chi connectivity index (χ1) is 8.71. The molecule has 0 saturated heterocycles. The highest BCUT2D eigenvalue weighted by atomic mass is 16.5. The summed E-state index contributed by atoms with van der Waals surface area (Å²) in [5, 5.41) is 3.35. The van der Waals surface area contributed by atoms with E-state index in [9.17, 15) is 0 Å². The van der Waals surface area contributed by atoms with Crippen LogP contribution in [0.25, 0.3) is 0 Å². The van der Waals surface area contributed by atoms with Crippen molar-refractivity contribution in [3.8, 4) is 11.5 Å². The van der Waals surface area contributed by atoms with Gasteiger partial charge in [-0.15, -0.1) is 0 Å². The molecule has 1 rings (SSSR count). The summed E-state index contributed by atoms with van der Waals surface area (Å²) in [4.78, 5) is 0. The normalized spacial score (nSPS) is 12.2. The zero-order valence-electron chi connectivity index (χ0n) is 11.5. The second-order valence-electron chi connectivity index (χ2n) is 4.16. The van der Waals surface area contributed by atoms with Gasteiger partial charge in [0.15, 0.2) is 11.5 Å². The monoisotopic (exact) mass is 252 g/mol. The lowest BCUT2D eigenvalue weighted by Crippen LogP contribution is -2.32. The molecule has 4 heteroatoms. The average molecular weight is 252 g/mol. The molecule has 0 aliphatic heterocycles. The van der Waals surface area contributed by atoms with Crippen LogP contribution in [0.1, 0.15) is 26.3 Å². The van der Waals surface area contributed by atoms with Crippen molar-refractivity contribution in [3.63, 3.8) is 0 Å². The molecule has 0 aliphatic carbocycles. The van der Waals surface area contributed by atoms with Crippen molar-refractivity contribution in [2.45, 2.75) is 33.4 Å². The van der Waals surface area contributed by atoms with Crippen LogP contribution >= 0.6 is 0 Å². The lowest BCUT2D eigenvalue weighted by atomic mass is 10.2. The molecule has 18 heavy (non-hydrogen) atoms. The van der Waals surface area contributed by atoms with Gasteiger partial charge in [0.1, 0.15) is 0 Å². The van der Waals surface area contributed by atoms with Crippen molar-refractivity contribution in [2.24, 2.45) is 5.73 Å². The molecule has 0 saturated carbocycles. The first-order valence-electron chi connectivity index (χ1n) is 6.53. The number of hydrogen-bond acceptors (Lipinski definition) is 4.